The lowest BCUT2D eigenvalue weighted by Crippen LogP contribution is -2.52. The number of carbonyl (C=O) groups is 2. The number of sulfonamides is 1. The van der Waals surface area contributed by atoms with Crippen LogP contribution < -0.4 is 9.62 Å². The average Bonchev–Trinajstić information content (AvgIpc) is 2.86. The minimum absolute atomic E-state index is 0.0364. The first-order chi connectivity index (χ1) is 17.9. The van der Waals surface area contributed by atoms with E-state index in [2.05, 4.69) is 5.32 Å². The number of carbonyl (C=O) groups excluding carboxylic acids is 2. The summed E-state index contributed by atoms with van der Waals surface area (Å²) in [4.78, 5) is 28.2. The van der Waals surface area contributed by atoms with Crippen LogP contribution in [0.1, 0.15) is 31.9 Å². The summed E-state index contributed by atoms with van der Waals surface area (Å²) in [5, 5.41) is 3.53. The Hall–Kier alpha value is -3.07. The number of benzene rings is 3. The average molecular weight is 577 g/mol. The second-order valence-corrected chi connectivity index (χ2v) is 12.0. The Kier molecular flexibility index (Phi) is 9.82. The molecule has 0 fully saturated rings. The second kappa shape index (κ2) is 12.7. The van der Waals surface area contributed by atoms with E-state index < -0.39 is 28.5 Å². The van der Waals surface area contributed by atoms with Crippen molar-refractivity contribution in [2.45, 2.75) is 51.2 Å². The van der Waals surface area contributed by atoms with Crippen molar-refractivity contribution in [3.8, 4) is 0 Å². The van der Waals surface area contributed by atoms with E-state index in [-0.39, 0.29) is 29.1 Å². The number of anilines is 1. The molecule has 0 saturated carbocycles. The summed E-state index contributed by atoms with van der Waals surface area (Å²) in [7, 11) is -4.19. The quantitative estimate of drug-likeness (QED) is 0.348. The highest BCUT2D eigenvalue weighted by molar-refractivity contribution is 7.92. The summed E-state index contributed by atoms with van der Waals surface area (Å²) in [5.41, 5.74) is 2.01. The van der Waals surface area contributed by atoms with Crippen LogP contribution in [-0.2, 0) is 26.2 Å². The van der Waals surface area contributed by atoms with Crippen LogP contribution in [0.25, 0.3) is 0 Å². The molecule has 2 amide bonds. The molecule has 7 nitrogen and oxygen atoms in total. The monoisotopic (exact) mass is 575 g/mol. The molecule has 3 rings (SSSR count). The molecule has 0 aromatic heterocycles. The topological polar surface area (TPSA) is 86.8 Å². The molecule has 0 aliphatic carbocycles. The van der Waals surface area contributed by atoms with Crippen LogP contribution in [0.15, 0.2) is 77.7 Å². The fourth-order valence-electron chi connectivity index (χ4n) is 3.85. The van der Waals surface area contributed by atoms with Crippen LogP contribution in [0.3, 0.4) is 0 Å². The van der Waals surface area contributed by atoms with E-state index in [9.17, 15) is 18.0 Å². The third kappa shape index (κ3) is 7.28. The number of rotatable bonds is 10. The Morgan fingerprint density at radius 3 is 2.16 bits per heavy atom. The first-order valence-electron chi connectivity index (χ1n) is 12.1. The van der Waals surface area contributed by atoms with E-state index in [0.717, 1.165) is 15.4 Å². The number of halogens is 2. The summed E-state index contributed by atoms with van der Waals surface area (Å²) in [6, 6.07) is 18.5. The van der Waals surface area contributed by atoms with Crippen LogP contribution in [0.2, 0.25) is 10.0 Å². The Morgan fingerprint density at radius 1 is 0.895 bits per heavy atom. The molecule has 1 N–H and O–H groups in total. The van der Waals surface area contributed by atoms with Gasteiger partial charge in [0.1, 0.15) is 12.6 Å². The van der Waals surface area contributed by atoms with E-state index in [0.29, 0.717) is 10.0 Å². The maximum absolute atomic E-state index is 13.9. The van der Waals surface area contributed by atoms with Crippen molar-refractivity contribution >= 4 is 50.7 Å². The molecule has 0 unspecified atom stereocenters. The summed E-state index contributed by atoms with van der Waals surface area (Å²) < 4.78 is 28.5. The first kappa shape index (κ1) is 29.5. The van der Waals surface area contributed by atoms with Crippen molar-refractivity contribution in [1.82, 2.24) is 10.2 Å². The van der Waals surface area contributed by atoms with Gasteiger partial charge in [0, 0.05) is 22.6 Å². The zero-order chi connectivity index (χ0) is 28.0. The van der Waals surface area contributed by atoms with Crippen molar-refractivity contribution < 1.29 is 18.0 Å². The van der Waals surface area contributed by atoms with Gasteiger partial charge in [0.15, 0.2) is 0 Å². The number of nitrogens with zero attached hydrogens (tertiary/aromatic N) is 2. The minimum Gasteiger partial charge on any atom is -0.352 e. The smallest absolute Gasteiger partial charge is 0.264 e. The van der Waals surface area contributed by atoms with Gasteiger partial charge in [-0.3, -0.25) is 13.9 Å². The fraction of sp³-hybridized carbons (Fsp3) is 0.286. The number of aryl methyl sites for hydroxylation is 1. The van der Waals surface area contributed by atoms with Crippen molar-refractivity contribution in [3.05, 3.63) is 94.0 Å². The molecule has 3 aromatic rings. The summed E-state index contributed by atoms with van der Waals surface area (Å²) >= 11 is 12.2. The highest BCUT2D eigenvalue weighted by Crippen LogP contribution is 2.27. The molecule has 1 atom stereocenters. The molecule has 0 aliphatic rings. The molecule has 202 valence electrons. The minimum atomic E-state index is -4.19. The molecule has 0 aliphatic heterocycles. The zero-order valence-corrected chi connectivity index (χ0v) is 24.0. The Labute approximate surface area is 234 Å². The van der Waals surface area contributed by atoms with Gasteiger partial charge in [-0.1, -0.05) is 53.5 Å². The van der Waals surface area contributed by atoms with Crippen LogP contribution in [-0.4, -0.2) is 43.8 Å². The van der Waals surface area contributed by atoms with Gasteiger partial charge in [0.05, 0.1) is 10.6 Å². The summed E-state index contributed by atoms with van der Waals surface area (Å²) in [5.74, 6) is -0.881. The third-order valence-electron chi connectivity index (χ3n) is 5.98. The molecule has 0 spiro atoms. The Balaban J connectivity index is 2.04. The van der Waals surface area contributed by atoms with Gasteiger partial charge in [-0.05, 0) is 81.3 Å². The molecule has 3 aromatic carbocycles. The molecule has 38 heavy (non-hydrogen) atoms. The lowest BCUT2D eigenvalue weighted by molar-refractivity contribution is -0.139. The van der Waals surface area contributed by atoms with Gasteiger partial charge in [-0.25, -0.2) is 8.42 Å². The second-order valence-electron chi connectivity index (χ2n) is 9.23. The molecular formula is C28H31Cl2N3O4S. The van der Waals surface area contributed by atoms with E-state index in [1.165, 1.54) is 35.2 Å². The van der Waals surface area contributed by atoms with Crippen LogP contribution in [0.4, 0.5) is 5.69 Å². The van der Waals surface area contributed by atoms with Gasteiger partial charge < -0.3 is 10.2 Å². The van der Waals surface area contributed by atoms with Gasteiger partial charge in [-0.2, -0.15) is 0 Å². The Morgan fingerprint density at radius 2 is 1.55 bits per heavy atom. The summed E-state index contributed by atoms with van der Waals surface area (Å²) in [6.45, 7) is 6.79. The van der Waals surface area contributed by atoms with E-state index in [1.807, 2.05) is 45.0 Å². The third-order valence-corrected chi connectivity index (χ3v) is 8.25. The number of hydrogen-bond donors (Lipinski definition) is 1. The number of hydrogen-bond acceptors (Lipinski definition) is 4. The first-order valence-corrected chi connectivity index (χ1v) is 14.3. The molecular weight excluding hydrogens is 545 g/mol. The maximum atomic E-state index is 13.9. The van der Waals surface area contributed by atoms with Crippen molar-refractivity contribution in [2.24, 2.45) is 0 Å². The molecule has 0 heterocycles. The normalized spacial score (nSPS) is 12.2. The van der Waals surface area contributed by atoms with Gasteiger partial charge >= 0.3 is 0 Å². The van der Waals surface area contributed by atoms with Crippen LogP contribution >= 0.6 is 23.2 Å². The molecule has 0 bridgehead atoms. The van der Waals surface area contributed by atoms with Crippen LogP contribution in [0, 0.1) is 6.92 Å². The van der Waals surface area contributed by atoms with E-state index in [1.54, 1.807) is 25.1 Å². The van der Waals surface area contributed by atoms with E-state index in [4.69, 9.17) is 23.2 Å². The molecule has 0 saturated heterocycles. The highest BCUT2D eigenvalue weighted by atomic mass is 35.5. The van der Waals surface area contributed by atoms with Crippen molar-refractivity contribution in [3.63, 3.8) is 0 Å². The standard InChI is InChI=1S/C28H31Cl2N3O4S/c1-19(2)31-28(35)21(4)32(17-22-9-6-5-8-20(22)3)27(34)18-33(25-11-7-10-24(30)16-25)38(36,37)26-14-12-23(29)13-15-26/h5-16,19,21H,17-18H2,1-4H3,(H,31,35)/t21-/m0/s1. The highest BCUT2D eigenvalue weighted by Gasteiger charge is 2.33. The fourth-order valence-corrected chi connectivity index (χ4v) is 5.57. The van der Waals surface area contributed by atoms with Gasteiger partial charge in [0.25, 0.3) is 10.0 Å². The van der Waals surface area contributed by atoms with Crippen molar-refractivity contribution in [2.75, 3.05) is 10.8 Å². The number of amides is 2. The molecule has 0 radical (unpaired) electrons. The summed E-state index contributed by atoms with van der Waals surface area (Å²) in [6.07, 6.45) is 0. The lowest BCUT2D eigenvalue weighted by Gasteiger charge is -2.32. The maximum Gasteiger partial charge on any atom is 0.264 e. The predicted molar refractivity (Wildman–Crippen MR) is 152 cm³/mol. The van der Waals surface area contributed by atoms with Gasteiger partial charge in [-0.15, -0.1) is 0 Å². The largest absolute Gasteiger partial charge is 0.352 e. The SMILES string of the molecule is Cc1ccccc1CN(C(=O)CN(c1cccc(Cl)c1)S(=O)(=O)c1ccc(Cl)cc1)[C@@H](C)C(=O)NC(C)C. The Bertz CT molecular complexity index is 1400. The van der Waals surface area contributed by atoms with Crippen LogP contribution in [0.5, 0.6) is 0 Å². The number of nitrogens with one attached hydrogen (secondary N) is 1. The lowest BCUT2D eigenvalue weighted by atomic mass is 10.1. The van der Waals surface area contributed by atoms with E-state index >= 15 is 0 Å². The molecule has 10 heteroatoms. The zero-order valence-electron chi connectivity index (χ0n) is 21.7. The van der Waals surface area contributed by atoms with Crippen molar-refractivity contribution in [1.29, 1.82) is 0 Å². The van der Waals surface area contributed by atoms with Gasteiger partial charge in [0.2, 0.25) is 11.8 Å². The predicted octanol–water partition coefficient (Wildman–Crippen LogP) is 5.44.